The monoisotopic (exact) mass is 388 g/mol. The van der Waals surface area contributed by atoms with Crippen molar-refractivity contribution in [3.8, 4) is 22.6 Å². The summed E-state index contributed by atoms with van der Waals surface area (Å²) in [6.07, 6.45) is 0. The van der Waals surface area contributed by atoms with Crippen LogP contribution < -0.4 is 14.8 Å². The maximum atomic E-state index is 12.9. The number of carbonyl (C=O) groups is 1. The number of rotatable bonds is 6. The average molecular weight is 388 g/mol. The molecule has 1 amide bonds. The molecule has 0 saturated heterocycles. The van der Waals surface area contributed by atoms with E-state index in [1.165, 1.54) is 0 Å². The molecule has 4 rings (SSSR count). The fourth-order valence-corrected chi connectivity index (χ4v) is 3.36. The topological polar surface area (TPSA) is 50.8 Å². The van der Waals surface area contributed by atoms with Gasteiger partial charge in [-0.15, -0.1) is 0 Å². The predicted molar refractivity (Wildman–Crippen MR) is 114 cm³/mol. The van der Waals surface area contributed by atoms with Gasteiger partial charge in [-0.25, -0.2) is 0 Å². The number of nitrogens with zero attached hydrogens (tertiary/aromatic N) is 1. The fourth-order valence-electron chi connectivity index (χ4n) is 3.36. The molecule has 0 radical (unpaired) electrons. The van der Waals surface area contributed by atoms with Crippen molar-refractivity contribution in [2.75, 3.05) is 19.2 Å². The number of nitrogens with one attached hydrogen (secondary N) is 1. The molecule has 0 fully saturated rings. The van der Waals surface area contributed by atoms with Crippen molar-refractivity contribution in [2.24, 2.45) is 0 Å². The van der Waals surface area contributed by atoms with Gasteiger partial charge >= 0.3 is 0 Å². The first-order valence-electron chi connectivity index (χ1n) is 9.66. The Bertz CT molecular complexity index is 1000. The van der Waals surface area contributed by atoms with Crippen LogP contribution in [0.25, 0.3) is 11.1 Å². The van der Waals surface area contributed by atoms with Gasteiger partial charge in [0, 0.05) is 17.8 Å². The van der Waals surface area contributed by atoms with E-state index in [1.807, 2.05) is 91.7 Å². The van der Waals surface area contributed by atoms with E-state index in [-0.39, 0.29) is 18.7 Å². The molecular formula is C24H24N2O3. The number of hydrogen-bond donors (Lipinski definition) is 1. The maximum Gasteiger partial charge on any atom is 0.241 e. The van der Waals surface area contributed by atoms with E-state index >= 15 is 0 Å². The van der Waals surface area contributed by atoms with Crippen molar-refractivity contribution in [1.29, 1.82) is 0 Å². The van der Waals surface area contributed by atoms with E-state index < -0.39 is 0 Å². The largest absolute Gasteiger partial charge is 0.454 e. The van der Waals surface area contributed by atoms with E-state index in [1.54, 1.807) is 0 Å². The minimum atomic E-state index is -0.302. The number of hydrogen-bond acceptors (Lipinski definition) is 4. The highest BCUT2D eigenvalue weighted by Crippen LogP contribution is 2.33. The molecule has 3 aromatic carbocycles. The Morgan fingerprint density at radius 3 is 2.55 bits per heavy atom. The lowest BCUT2D eigenvalue weighted by Crippen LogP contribution is -2.39. The van der Waals surface area contributed by atoms with Crippen LogP contribution in [0, 0.1) is 0 Å². The van der Waals surface area contributed by atoms with Gasteiger partial charge in [-0.05, 0) is 43.3 Å². The van der Waals surface area contributed by atoms with Gasteiger partial charge in [0.25, 0.3) is 0 Å². The van der Waals surface area contributed by atoms with Crippen molar-refractivity contribution in [3.63, 3.8) is 0 Å². The average Bonchev–Trinajstić information content (AvgIpc) is 3.22. The lowest BCUT2D eigenvalue weighted by molar-refractivity contribution is -0.120. The molecule has 3 aromatic rings. The van der Waals surface area contributed by atoms with Crippen LogP contribution in [0.15, 0.2) is 72.8 Å². The standard InChI is InChI=1S/C24H24N2O3/c1-17(26(2)15-18-12-13-22-23(14-18)29-16-28-22)24(27)25-21-11-7-6-10-20(21)19-8-4-3-5-9-19/h3-14,17H,15-16H2,1-2H3,(H,25,27)/t17-/m1/s1. The Balaban J connectivity index is 1.45. The number of benzene rings is 3. The highest BCUT2D eigenvalue weighted by Gasteiger charge is 2.21. The van der Waals surface area contributed by atoms with Crippen LogP contribution in [0.4, 0.5) is 5.69 Å². The number of anilines is 1. The van der Waals surface area contributed by atoms with Gasteiger partial charge in [-0.2, -0.15) is 0 Å². The van der Waals surface area contributed by atoms with Crippen molar-refractivity contribution in [3.05, 3.63) is 78.4 Å². The second-order valence-electron chi connectivity index (χ2n) is 7.18. The molecule has 29 heavy (non-hydrogen) atoms. The molecule has 1 aliphatic heterocycles. The zero-order valence-corrected chi connectivity index (χ0v) is 16.6. The molecule has 1 aliphatic rings. The molecule has 5 heteroatoms. The third kappa shape index (κ3) is 4.25. The Hall–Kier alpha value is -3.31. The zero-order chi connectivity index (χ0) is 20.2. The summed E-state index contributed by atoms with van der Waals surface area (Å²) >= 11 is 0. The van der Waals surface area contributed by atoms with Crippen LogP contribution in [0.5, 0.6) is 11.5 Å². The van der Waals surface area contributed by atoms with Crippen LogP contribution in [-0.2, 0) is 11.3 Å². The Morgan fingerprint density at radius 2 is 1.72 bits per heavy atom. The van der Waals surface area contributed by atoms with Crippen LogP contribution in [0.3, 0.4) is 0 Å². The molecule has 5 nitrogen and oxygen atoms in total. The Kier molecular flexibility index (Phi) is 5.49. The van der Waals surface area contributed by atoms with E-state index in [4.69, 9.17) is 9.47 Å². The molecule has 148 valence electrons. The molecule has 0 bridgehead atoms. The summed E-state index contributed by atoms with van der Waals surface area (Å²) in [7, 11) is 1.94. The first-order chi connectivity index (χ1) is 14.1. The van der Waals surface area contributed by atoms with E-state index in [9.17, 15) is 4.79 Å². The van der Waals surface area contributed by atoms with E-state index in [0.29, 0.717) is 6.54 Å². The number of likely N-dealkylation sites (N-methyl/N-ethyl adjacent to an activating group) is 1. The molecule has 0 aromatic heterocycles. The van der Waals surface area contributed by atoms with Crippen LogP contribution >= 0.6 is 0 Å². The quantitative estimate of drug-likeness (QED) is 0.674. The van der Waals surface area contributed by atoms with Crippen LogP contribution in [-0.4, -0.2) is 30.7 Å². The smallest absolute Gasteiger partial charge is 0.241 e. The van der Waals surface area contributed by atoms with Crippen molar-refractivity contribution in [1.82, 2.24) is 4.90 Å². The fraction of sp³-hybridized carbons (Fsp3) is 0.208. The third-order valence-electron chi connectivity index (χ3n) is 5.18. The third-order valence-corrected chi connectivity index (χ3v) is 5.18. The normalized spacial score (nSPS) is 13.3. The summed E-state index contributed by atoms with van der Waals surface area (Å²) in [5.41, 5.74) is 3.96. The summed E-state index contributed by atoms with van der Waals surface area (Å²) < 4.78 is 10.8. The second-order valence-corrected chi connectivity index (χ2v) is 7.18. The molecule has 1 heterocycles. The zero-order valence-electron chi connectivity index (χ0n) is 16.6. The summed E-state index contributed by atoms with van der Waals surface area (Å²) in [6.45, 7) is 2.80. The van der Waals surface area contributed by atoms with Gasteiger partial charge in [0.2, 0.25) is 12.7 Å². The van der Waals surface area contributed by atoms with Gasteiger partial charge in [0.15, 0.2) is 11.5 Å². The number of ether oxygens (including phenoxy) is 2. The van der Waals surface area contributed by atoms with E-state index in [0.717, 1.165) is 33.9 Å². The summed E-state index contributed by atoms with van der Waals surface area (Å²) in [4.78, 5) is 14.9. The Labute approximate surface area is 170 Å². The number of carbonyl (C=O) groups excluding carboxylic acids is 1. The second kappa shape index (κ2) is 8.37. The van der Waals surface area contributed by atoms with Gasteiger partial charge in [0.05, 0.1) is 6.04 Å². The van der Waals surface area contributed by atoms with Gasteiger partial charge < -0.3 is 14.8 Å². The Morgan fingerprint density at radius 1 is 1.00 bits per heavy atom. The van der Waals surface area contributed by atoms with Crippen LogP contribution in [0.1, 0.15) is 12.5 Å². The minimum Gasteiger partial charge on any atom is -0.454 e. The lowest BCUT2D eigenvalue weighted by Gasteiger charge is -2.24. The molecule has 0 spiro atoms. The molecular weight excluding hydrogens is 364 g/mol. The number of para-hydroxylation sites is 1. The highest BCUT2D eigenvalue weighted by atomic mass is 16.7. The van der Waals surface area contributed by atoms with Crippen molar-refractivity contribution in [2.45, 2.75) is 19.5 Å². The number of amides is 1. The van der Waals surface area contributed by atoms with Crippen LogP contribution in [0.2, 0.25) is 0 Å². The van der Waals surface area contributed by atoms with Gasteiger partial charge in [-0.1, -0.05) is 54.6 Å². The molecule has 0 saturated carbocycles. The van der Waals surface area contributed by atoms with Crippen molar-refractivity contribution >= 4 is 11.6 Å². The summed E-state index contributed by atoms with van der Waals surface area (Å²) in [5.74, 6) is 1.47. The van der Waals surface area contributed by atoms with Gasteiger partial charge in [0.1, 0.15) is 0 Å². The first-order valence-corrected chi connectivity index (χ1v) is 9.66. The van der Waals surface area contributed by atoms with E-state index in [2.05, 4.69) is 5.32 Å². The first kappa shape index (κ1) is 19.0. The molecule has 0 aliphatic carbocycles. The maximum absolute atomic E-state index is 12.9. The summed E-state index contributed by atoms with van der Waals surface area (Å²) in [6, 6.07) is 23.5. The number of fused-ring (bicyclic) bond motifs is 1. The predicted octanol–water partition coefficient (Wildman–Crippen LogP) is 4.54. The highest BCUT2D eigenvalue weighted by molar-refractivity contribution is 5.98. The minimum absolute atomic E-state index is 0.0448. The van der Waals surface area contributed by atoms with Gasteiger partial charge in [-0.3, -0.25) is 9.69 Å². The lowest BCUT2D eigenvalue weighted by atomic mass is 10.0. The molecule has 0 unspecified atom stereocenters. The summed E-state index contributed by atoms with van der Waals surface area (Å²) in [5, 5.41) is 3.09. The molecule has 1 N–H and O–H groups in total. The molecule has 1 atom stereocenters. The van der Waals surface area contributed by atoms with Crippen molar-refractivity contribution < 1.29 is 14.3 Å². The SMILES string of the molecule is C[C@H](C(=O)Nc1ccccc1-c1ccccc1)N(C)Cc1ccc2c(c1)OCO2.